The van der Waals surface area contributed by atoms with E-state index in [1.807, 2.05) is 0 Å². The van der Waals surface area contributed by atoms with E-state index in [0.29, 0.717) is 56.9 Å². The molecule has 1 aromatic carbocycles. The summed E-state index contributed by atoms with van der Waals surface area (Å²) in [7, 11) is 0. The summed E-state index contributed by atoms with van der Waals surface area (Å²) in [6, 6.07) is 3.35. The van der Waals surface area contributed by atoms with Crippen LogP contribution < -0.4 is 67.1 Å². The highest BCUT2D eigenvalue weighted by atomic mass is 15.0. The molecule has 20 N–H and O–H groups in total. The predicted octanol–water partition coefficient (Wildman–Crippen LogP) is -0.992. The van der Waals surface area contributed by atoms with Crippen LogP contribution in [0.1, 0.15) is 0 Å². The summed E-state index contributed by atoms with van der Waals surface area (Å²) in [5, 5.41) is 12.8. The molecule has 1 heterocycles. The van der Waals surface area contributed by atoms with Crippen LogP contribution in [0.15, 0.2) is 98.7 Å². The van der Waals surface area contributed by atoms with Gasteiger partial charge in [0, 0.05) is 0 Å². The highest BCUT2D eigenvalue weighted by molar-refractivity contribution is 5.84. The molecule has 4 aliphatic rings. The highest BCUT2D eigenvalue weighted by Crippen LogP contribution is 2.34. The Morgan fingerprint density at radius 3 is 1.22 bits per heavy atom. The second kappa shape index (κ2) is 7.91. The number of nitrogens with one attached hydrogen (secondary N) is 4. The number of benzene rings is 1. The number of nitrogens with two attached hydrogens (primary N) is 8. The molecule has 8 bridgehead atoms. The van der Waals surface area contributed by atoms with Crippen LogP contribution in [0.25, 0.3) is 0 Å². The van der Waals surface area contributed by atoms with Crippen molar-refractivity contribution in [2.24, 2.45) is 34.4 Å². The van der Waals surface area contributed by atoms with Crippen molar-refractivity contribution in [3.8, 4) is 0 Å². The number of nitrogen functional groups attached to an aromatic ring is 2. The molecule has 12 nitrogen and oxygen atoms in total. The van der Waals surface area contributed by atoms with Gasteiger partial charge in [0.15, 0.2) is 34.2 Å². The zero-order chi connectivity index (χ0) is 25.7. The smallest absolute Gasteiger partial charge is 0.228 e. The lowest BCUT2D eigenvalue weighted by Crippen LogP contribution is -2.29. The molecular formula is C24H25N12+3. The van der Waals surface area contributed by atoms with Crippen LogP contribution in [0.3, 0.4) is 0 Å². The van der Waals surface area contributed by atoms with E-state index in [1.165, 1.54) is 0 Å². The molecule has 178 valence electrons. The van der Waals surface area contributed by atoms with Gasteiger partial charge < -0.3 is 45.9 Å². The summed E-state index contributed by atoms with van der Waals surface area (Å²) in [6.45, 7) is 0. The second-order valence-corrected chi connectivity index (χ2v) is 8.30. The first kappa shape index (κ1) is 22.0. The van der Waals surface area contributed by atoms with Crippen molar-refractivity contribution in [2.75, 3.05) is 22.1 Å². The molecule has 12 heteroatoms. The maximum absolute atomic E-state index is 6.24. The molecule has 5 rings (SSSR count). The minimum atomic E-state index is 0.275. The highest BCUT2D eigenvalue weighted by Gasteiger charge is 2.32. The molecule has 36 heavy (non-hydrogen) atoms. The molecule has 0 saturated heterocycles. The lowest BCUT2D eigenvalue weighted by atomic mass is 10.0. The normalized spacial score (nSPS) is 18.7. The number of hydrogen-bond donors (Lipinski definition) is 12. The van der Waals surface area contributed by atoms with Crippen LogP contribution in [-0.4, -0.2) is 0 Å². The molecule has 0 unspecified atom stereocenters. The van der Waals surface area contributed by atoms with Gasteiger partial charge in [-0.15, -0.1) is 0 Å². The van der Waals surface area contributed by atoms with Gasteiger partial charge in [0.25, 0.3) is 0 Å². The monoisotopic (exact) mass is 481 g/mol. The SMILES string of the molecule is NC1=[C+]C(N)=C2C=C1NC1=C(N)[C+]=C(N)C(=C1)Nc1cc(c(N)cc1N)NC1=CC(=C(N)[C+]=C1N)N2. The van der Waals surface area contributed by atoms with Gasteiger partial charge in [-0.1, -0.05) is 0 Å². The van der Waals surface area contributed by atoms with Crippen molar-refractivity contribution >= 4 is 22.7 Å². The van der Waals surface area contributed by atoms with Crippen molar-refractivity contribution in [3.63, 3.8) is 0 Å². The fourth-order valence-electron chi connectivity index (χ4n) is 3.79. The van der Waals surface area contributed by atoms with Gasteiger partial charge in [0.05, 0.1) is 41.0 Å². The van der Waals surface area contributed by atoms with E-state index in [2.05, 4.69) is 39.5 Å². The van der Waals surface area contributed by atoms with Gasteiger partial charge in [-0.2, -0.15) is 0 Å². The number of rotatable bonds is 0. The van der Waals surface area contributed by atoms with Gasteiger partial charge >= 0.3 is 0 Å². The van der Waals surface area contributed by atoms with E-state index in [9.17, 15) is 0 Å². The molecule has 0 radical (unpaired) electrons. The number of fused-ring (bicyclic) bond motifs is 5. The quantitative estimate of drug-likeness (QED) is 0.157. The third-order valence-electron chi connectivity index (χ3n) is 5.71. The molecule has 3 aliphatic carbocycles. The van der Waals surface area contributed by atoms with Crippen LogP contribution in [0.4, 0.5) is 22.7 Å². The molecule has 0 saturated carbocycles. The largest absolute Gasteiger partial charge is 0.397 e. The van der Waals surface area contributed by atoms with Crippen molar-refractivity contribution in [1.82, 2.24) is 10.6 Å². The van der Waals surface area contributed by atoms with Crippen molar-refractivity contribution in [1.29, 1.82) is 0 Å². The Labute approximate surface area is 207 Å². The van der Waals surface area contributed by atoms with Gasteiger partial charge in [-0.05, 0) is 12.1 Å². The topological polar surface area (TPSA) is 256 Å². The van der Waals surface area contributed by atoms with E-state index < -0.39 is 0 Å². The minimum Gasteiger partial charge on any atom is -0.397 e. The average Bonchev–Trinajstić information content (AvgIpc) is 2.79. The zero-order valence-corrected chi connectivity index (χ0v) is 19.0. The first-order valence-electron chi connectivity index (χ1n) is 10.7. The molecule has 0 aromatic heterocycles. The first-order valence-corrected chi connectivity index (χ1v) is 10.7. The molecule has 1 aliphatic heterocycles. The Morgan fingerprint density at radius 1 is 0.444 bits per heavy atom. The van der Waals surface area contributed by atoms with Gasteiger partial charge in [0.1, 0.15) is 18.2 Å². The van der Waals surface area contributed by atoms with Crippen LogP contribution in [0.5, 0.6) is 0 Å². The summed E-state index contributed by atoms with van der Waals surface area (Å²) >= 11 is 0. The third-order valence-corrected chi connectivity index (χ3v) is 5.71. The summed E-state index contributed by atoms with van der Waals surface area (Å²) in [5.41, 5.74) is 56.1. The van der Waals surface area contributed by atoms with Gasteiger partial charge in [-0.3, -0.25) is 10.6 Å². The Balaban J connectivity index is 1.70. The van der Waals surface area contributed by atoms with Crippen molar-refractivity contribution < 1.29 is 0 Å². The lowest BCUT2D eigenvalue weighted by Gasteiger charge is -2.17. The molecular weight excluding hydrogens is 456 g/mol. The van der Waals surface area contributed by atoms with E-state index in [4.69, 9.17) is 45.9 Å². The fourth-order valence-corrected chi connectivity index (χ4v) is 3.79. The number of allylic oxidation sites excluding steroid dienone is 6. The summed E-state index contributed by atoms with van der Waals surface area (Å²) in [6.07, 6.45) is 13.9. The van der Waals surface area contributed by atoms with E-state index >= 15 is 0 Å². The third kappa shape index (κ3) is 3.79. The Hall–Kier alpha value is -5.79. The van der Waals surface area contributed by atoms with Crippen molar-refractivity contribution in [3.05, 3.63) is 117 Å². The minimum absolute atomic E-state index is 0.275. The Morgan fingerprint density at radius 2 is 0.806 bits per heavy atom. The average molecular weight is 482 g/mol. The van der Waals surface area contributed by atoms with Crippen LogP contribution in [0, 0.1) is 18.2 Å². The van der Waals surface area contributed by atoms with Crippen LogP contribution in [-0.2, 0) is 0 Å². The first-order chi connectivity index (χ1) is 17.1. The van der Waals surface area contributed by atoms with Crippen LogP contribution >= 0.6 is 0 Å². The molecule has 0 fully saturated rings. The molecule has 0 amide bonds. The lowest BCUT2D eigenvalue weighted by molar-refractivity contribution is 0.911. The van der Waals surface area contributed by atoms with Crippen molar-refractivity contribution in [2.45, 2.75) is 0 Å². The van der Waals surface area contributed by atoms with Crippen LogP contribution in [0.2, 0.25) is 0 Å². The zero-order valence-electron chi connectivity index (χ0n) is 19.0. The Kier molecular flexibility index (Phi) is 4.84. The number of anilines is 4. The maximum atomic E-state index is 6.24. The van der Waals surface area contributed by atoms with Gasteiger partial charge in [-0.25, -0.2) is 10.6 Å². The maximum Gasteiger partial charge on any atom is 0.228 e. The molecule has 0 spiro atoms. The predicted molar refractivity (Wildman–Crippen MR) is 140 cm³/mol. The fraction of sp³-hybridized carbons (Fsp3) is 0. The summed E-state index contributed by atoms with van der Waals surface area (Å²) in [4.78, 5) is 0. The van der Waals surface area contributed by atoms with Gasteiger partial charge in [0.2, 0.25) is 34.2 Å². The second-order valence-electron chi connectivity index (χ2n) is 8.30. The molecule has 0 atom stereocenters. The summed E-state index contributed by atoms with van der Waals surface area (Å²) in [5.74, 6) is 0. The van der Waals surface area contributed by atoms with E-state index in [0.717, 1.165) is 0 Å². The standard InChI is InChI=1S/C24H25N12/c25-9-1-10(26)18-5-17(9)33-19-6-21(13(29)2-11(19)27)35-23-8-24(16(32)4-15(23)31)36-22-7-20(34-18)12(28)3-14(22)30/h1,5-8,33-36H,25-32H2/q+3. The molecule has 1 aromatic rings. The Bertz CT molecular complexity index is 1490. The van der Waals surface area contributed by atoms with E-state index in [-0.39, 0.29) is 34.2 Å². The summed E-state index contributed by atoms with van der Waals surface area (Å²) < 4.78 is 0. The number of hydrogen-bond acceptors (Lipinski definition) is 12. The van der Waals surface area contributed by atoms with E-state index in [1.54, 1.807) is 30.4 Å².